The van der Waals surface area contributed by atoms with Crippen molar-refractivity contribution in [1.82, 2.24) is 14.2 Å². The SMILES string of the molecule is CC(C)c1ccc(S(=O)(=O)N2CCN(C(=O)c3cc4ccccc4[nH]3)CC2)cc1. The maximum Gasteiger partial charge on any atom is 0.270 e. The third kappa shape index (κ3) is 3.80. The number of nitrogens with zero attached hydrogens (tertiary/aromatic N) is 2. The highest BCUT2D eigenvalue weighted by molar-refractivity contribution is 7.89. The highest BCUT2D eigenvalue weighted by Gasteiger charge is 2.30. The summed E-state index contributed by atoms with van der Waals surface area (Å²) in [7, 11) is -3.55. The predicted molar refractivity (Wildman–Crippen MR) is 113 cm³/mol. The number of sulfonamides is 1. The van der Waals surface area contributed by atoms with Gasteiger partial charge in [-0.1, -0.05) is 44.2 Å². The molecule has 29 heavy (non-hydrogen) atoms. The van der Waals surface area contributed by atoms with Crippen LogP contribution in [0, 0.1) is 0 Å². The number of para-hydroxylation sites is 1. The van der Waals surface area contributed by atoms with E-state index >= 15 is 0 Å². The lowest BCUT2D eigenvalue weighted by Gasteiger charge is -2.33. The van der Waals surface area contributed by atoms with Gasteiger partial charge in [-0.15, -0.1) is 0 Å². The highest BCUT2D eigenvalue weighted by atomic mass is 32.2. The second-order valence-corrected chi connectivity index (χ2v) is 9.63. The van der Waals surface area contributed by atoms with Crippen LogP contribution in [0.3, 0.4) is 0 Å². The van der Waals surface area contributed by atoms with E-state index in [1.807, 2.05) is 42.5 Å². The molecule has 0 bridgehead atoms. The number of piperazine rings is 1. The largest absolute Gasteiger partial charge is 0.351 e. The third-order valence-electron chi connectivity index (χ3n) is 5.47. The van der Waals surface area contributed by atoms with Gasteiger partial charge in [0.2, 0.25) is 10.0 Å². The fourth-order valence-electron chi connectivity index (χ4n) is 3.66. The first kappa shape index (κ1) is 19.7. The summed E-state index contributed by atoms with van der Waals surface area (Å²) in [6.45, 7) is 5.48. The molecule has 0 unspecified atom stereocenters. The summed E-state index contributed by atoms with van der Waals surface area (Å²) >= 11 is 0. The monoisotopic (exact) mass is 411 g/mol. The van der Waals surface area contributed by atoms with E-state index in [9.17, 15) is 13.2 Å². The van der Waals surface area contributed by atoms with Crippen LogP contribution < -0.4 is 0 Å². The van der Waals surface area contributed by atoms with Gasteiger partial charge in [-0.05, 0) is 35.7 Å². The van der Waals surface area contributed by atoms with Crippen LogP contribution in [0.2, 0.25) is 0 Å². The Morgan fingerprint density at radius 2 is 1.62 bits per heavy atom. The van der Waals surface area contributed by atoms with Crippen LogP contribution in [-0.2, 0) is 10.0 Å². The van der Waals surface area contributed by atoms with E-state index in [0.29, 0.717) is 42.7 Å². The van der Waals surface area contributed by atoms with Crippen molar-refractivity contribution < 1.29 is 13.2 Å². The lowest BCUT2D eigenvalue weighted by molar-refractivity contribution is 0.0693. The molecule has 7 heteroatoms. The number of hydrogen-bond donors (Lipinski definition) is 1. The zero-order chi connectivity index (χ0) is 20.6. The van der Waals surface area contributed by atoms with Crippen LogP contribution in [0.1, 0.15) is 35.8 Å². The molecule has 0 spiro atoms. The minimum Gasteiger partial charge on any atom is -0.351 e. The van der Waals surface area contributed by atoms with Crippen LogP contribution in [-0.4, -0.2) is 54.7 Å². The molecule has 6 nitrogen and oxygen atoms in total. The molecule has 1 aromatic heterocycles. The zero-order valence-corrected chi connectivity index (χ0v) is 17.4. The number of H-pyrrole nitrogens is 1. The van der Waals surface area contributed by atoms with Gasteiger partial charge in [0.05, 0.1) is 4.90 Å². The number of aromatic amines is 1. The number of nitrogens with one attached hydrogen (secondary N) is 1. The van der Waals surface area contributed by atoms with Crippen molar-refractivity contribution in [2.45, 2.75) is 24.7 Å². The lowest BCUT2D eigenvalue weighted by Crippen LogP contribution is -2.50. The van der Waals surface area contributed by atoms with Crippen molar-refractivity contribution in [2.75, 3.05) is 26.2 Å². The van der Waals surface area contributed by atoms with Crippen molar-refractivity contribution in [2.24, 2.45) is 0 Å². The van der Waals surface area contributed by atoms with Crippen molar-refractivity contribution in [3.63, 3.8) is 0 Å². The predicted octanol–water partition coefficient (Wildman–Crippen LogP) is 3.44. The van der Waals surface area contributed by atoms with E-state index in [-0.39, 0.29) is 5.91 Å². The van der Waals surface area contributed by atoms with Crippen molar-refractivity contribution >= 4 is 26.8 Å². The van der Waals surface area contributed by atoms with Gasteiger partial charge in [-0.3, -0.25) is 4.79 Å². The fourth-order valence-corrected chi connectivity index (χ4v) is 5.09. The highest BCUT2D eigenvalue weighted by Crippen LogP contribution is 2.22. The number of hydrogen-bond acceptors (Lipinski definition) is 3. The molecule has 1 aliphatic heterocycles. The molecule has 0 radical (unpaired) electrons. The number of aromatic nitrogens is 1. The van der Waals surface area contributed by atoms with Gasteiger partial charge in [0, 0.05) is 37.1 Å². The molecule has 1 N–H and O–H groups in total. The summed E-state index contributed by atoms with van der Waals surface area (Å²) < 4.78 is 27.4. The molecule has 1 fully saturated rings. The summed E-state index contributed by atoms with van der Waals surface area (Å²) in [4.78, 5) is 18.0. The molecule has 0 saturated carbocycles. The standard InChI is InChI=1S/C22H25N3O3S/c1-16(2)17-7-9-19(10-8-17)29(27,28)25-13-11-24(12-14-25)22(26)21-15-18-5-3-4-6-20(18)23-21/h3-10,15-16,23H,11-14H2,1-2H3. The van der Waals surface area contributed by atoms with E-state index in [0.717, 1.165) is 16.5 Å². The number of rotatable bonds is 4. The quantitative estimate of drug-likeness (QED) is 0.715. The Morgan fingerprint density at radius 3 is 2.24 bits per heavy atom. The first-order valence-electron chi connectivity index (χ1n) is 9.83. The van der Waals surface area contributed by atoms with Gasteiger partial charge in [-0.25, -0.2) is 8.42 Å². The van der Waals surface area contributed by atoms with Crippen molar-refractivity contribution in [3.05, 3.63) is 65.9 Å². The first-order valence-corrected chi connectivity index (χ1v) is 11.3. The number of carbonyl (C=O) groups excluding carboxylic acids is 1. The molecule has 0 aliphatic carbocycles. The third-order valence-corrected chi connectivity index (χ3v) is 7.38. The van der Waals surface area contributed by atoms with E-state index < -0.39 is 10.0 Å². The van der Waals surface area contributed by atoms with E-state index in [2.05, 4.69) is 18.8 Å². The lowest BCUT2D eigenvalue weighted by atomic mass is 10.0. The molecule has 0 atom stereocenters. The molecule has 152 valence electrons. The Kier molecular flexibility index (Phi) is 5.19. The van der Waals surface area contributed by atoms with E-state index in [4.69, 9.17) is 0 Å². The zero-order valence-electron chi connectivity index (χ0n) is 16.6. The minimum atomic E-state index is -3.55. The van der Waals surface area contributed by atoms with E-state index in [1.54, 1.807) is 17.0 Å². The molecule has 2 aromatic carbocycles. The Balaban J connectivity index is 1.44. The van der Waals surface area contributed by atoms with Gasteiger partial charge in [0.1, 0.15) is 5.69 Å². The van der Waals surface area contributed by atoms with Crippen LogP contribution in [0.4, 0.5) is 0 Å². The van der Waals surface area contributed by atoms with Crippen LogP contribution in [0.25, 0.3) is 10.9 Å². The molecular formula is C22H25N3O3S. The molecule has 1 amide bonds. The number of benzene rings is 2. The van der Waals surface area contributed by atoms with Crippen LogP contribution >= 0.6 is 0 Å². The summed E-state index contributed by atoms with van der Waals surface area (Å²) in [5.74, 6) is 0.255. The Hall–Kier alpha value is -2.64. The Bertz CT molecular complexity index is 1090. The van der Waals surface area contributed by atoms with Gasteiger partial charge in [0.25, 0.3) is 5.91 Å². The fraction of sp³-hybridized carbons (Fsp3) is 0.318. The average molecular weight is 412 g/mol. The topological polar surface area (TPSA) is 73.5 Å². The molecular weight excluding hydrogens is 386 g/mol. The first-order chi connectivity index (χ1) is 13.9. The molecule has 3 aromatic rings. The van der Waals surface area contributed by atoms with Gasteiger partial charge < -0.3 is 9.88 Å². The maximum absolute atomic E-state index is 12.9. The summed E-state index contributed by atoms with van der Waals surface area (Å²) in [5, 5.41) is 0.988. The van der Waals surface area contributed by atoms with E-state index in [1.165, 1.54) is 4.31 Å². The second-order valence-electron chi connectivity index (χ2n) is 7.69. The average Bonchev–Trinajstić information content (AvgIpc) is 3.17. The van der Waals surface area contributed by atoms with Gasteiger partial charge in [0.15, 0.2) is 0 Å². The summed E-state index contributed by atoms with van der Waals surface area (Å²) in [6.07, 6.45) is 0. The smallest absolute Gasteiger partial charge is 0.270 e. The maximum atomic E-state index is 12.9. The normalized spacial score (nSPS) is 15.9. The Morgan fingerprint density at radius 1 is 0.966 bits per heavy atom. The second kappa shape index (κ2) is 7.65. The Labute approximate surface area is 171 Å². The minimum absolute atomic E-state index is 0.0977. The number of amides is 1. The van der Waals surface area contributed by atoms with Crippen LogP contribution in [0.5, 0.6) is 0 Å². The van der Waals surface area contributed by atoms with Crippen molar-refractivity contribution in [1.29, 1.82) is 0 Å². The summed E-state index contributed by atoms with van der Waals surface area (Å²) in [6, 6.07) is 16.7. The van der Waals surface area contributed by atoms with Gasteiger partial charge >= 0.3 is 0 Å². The van der Waals surface area contributed by atoms with Crippen molar-refractivity contribution in [3.8, 4) is 0 Å². The molecule has 2 heterocycles. The summed E-state index contributed by atoms with van der Waals surface area (Å²) in [5.41, 5.74) is 2.56. The molecule has 1 aliphatic rings. The number of fused-ring (bicyclic) bond motifs is 1. The molecule has 1 saturated heterocycles. The van der Waals surface area contributed by atoms with Crippen LogP contribution in [0.15, 0.2) is 59.5 Å². The number of carbonyl (C=O) groups is 1. The molecule has 4 rings (SSSR count). The van der Waals surface area contributed by atoms with Gasteiger partial charge in [-0.2, -0.15) is 4.31 Å².